The molecule has 0 saturated carbocycles. The zero-order valence-electron chi connectivity index (χ0n) is 4.56. The van der Waals surface area contributed by atoms with E-state index in [2.05, 4.69) is 4.74 Å². The van der Waals surface area contributed by atoms with Crippen molar-refractivity contribution in [1.82, 2.24) is 0 Å². The van der Waals surface area contributed by atoms with E-state index in [1.54, 1.807) is 0 Å². The van der Waals surface area contributed by atoms with Crippen LogP contribution in [-0.2, 0) is 14.3 Å². The molecule has 0 aromatic rings. The summed E-state index contributed by atoms with van der Waals surface area (Å²) in [7, 11) is 0. The van der Waals surface area contributed by atoms with Gasteiger partial charge in [0.2, 0.25) is 4.84 Å². The standard InChI is InChI=1S/C4H4Cl2O3/c1-2(7)9-4(8)3(5)6/h3H,1H3. The predicted octanol–water partition coefficient (Wildman–Crippen LogP) is 0.880. The number of hydrogen-bond acceptors (Lipinski definition) is 3. The van der Waals surface area contributed by atoms with Gasteiger partial charge in [0.1, 0.15) is 0 Å². The predicted molar refractivity (Wildman–Crippen MR) is 32.3 cm³/mol. The molecular weight excluding hydrogens is 167 g/mol. The molecule has 9 heavy (non-hydrogen) atoms. The number of rotatable bonds is 1. The van der Waals surface area contributed by atoms with Crippen molar-refractivity contribution in [3.05, 3.63) is 0 Å². The minimum atomic E-state index is -1.28. The van der Waals surface area contributed by atoms with E-state index in [0.717, 1.165) is 6.92 Å². The summed E-state index contributed by atoms with van der Waals surface area (Å²) in [6, 6.07) is 0. The topological polar surface area (TPSA) is 43.4 Å². The first kappa shape index (κ1) is 8.72. The van der Waals surface area contributed by atoms with Crippen molar-refractivity contribution in [3.63, 3.8) is 0 Å². The maximum atomic E-state index is 10.2. The molecule has 0 aliphatic heterocycles. The van der Waals surface area contributed by atoms with Gasteiger partial charge >= 0.3 is 11.9 Å². The third-order valence-corrected chi connectivity index (χ3v) is 0.779. The van der Waals surface area contributed by atoms with Gasteiger partial charge < -0.3 is 4.74 Å². The second-order valence-corrected chi connectivity index (χ2v) is 2.31. The molecule has 3 nitrogen and oxygen atoms in total. The van der Waals surface area contributed by atoms with Crippen LogP contribution in [0, 0.1) is 0 Å². The number of halogens is 2. The van der Waals surface area contributed by atoms with Crippen LogP contribution in [0.4, 0.5) is 0 Å². The van der Waals surface area contributed by atoms with Gasteiger partial charge in [0.15, 0.2) is 0 Å². The fourth-order valence-corrected chi connectivity index (χ4v) is 0.275. The molecule has 0 fully saturated rings. The Morgan fingerprint density at radius 1 is 1.44 bits per heavy atom. The zero-order valence-corrected chi connectivity index (χ0v) is 6.07. The van der Waals surface area contributed by atoms with E-state index in [4.69, 9.17) is 23.2 Å². The monoisotopic (exact) mass is 170 g/mol. The number of carbonyl (C=O) groups is 2. The van der Waals surface area contributed by atoms with Crippen LogP contribution in [0.2, 0.25) is 0 Å². The number of hydrogen-bond donors (Lipinski definition) is 0. The van der Waals surface area contributed by atoms with Crippen LogP contribution < -0.4 is 0 Å². The molecule has 0 amide bonds. The molecule has 0 aliphatic rings. The third kappa shape index (κ3) is 4.24. The minimum absolute atomic E-state index is 0.716. The van der Waals surface area contributed by atoms with Gasteiger partial charge in [0.05, 0.1) is 0 Å². The van der Waals surface area contributed by atoms with E-state index < -0.39 is 16.8 Å². The minimum Gasteiger partial charge on any atom is -0.391 e. The summed E-state index contributed by atoms with van der Waals surface area (Å²) >= 11 is 10.0. The molecule has 0 spiro atoms. The van der Waals surface area contributed by atoms with E-state index in [0.29, 0.717) is 0 Å². The zero-order chi connectivity index (χ0) is 7.44. The van der Waals surface area contributed by atoms with Crippen LogP contribution in [0.5, 0.6) is 0 Å². The number of esters is 2. The fourth-order valence-electron chi connectivity index (χ4n) is 0.186. The average molecular weight is 171 g/mol. The molecule has 0 aromatic carbocycles. The number of ether oxygens (including phenoxy) is 1. The molecular formula is C4H4Cl2O3. The highest BCUT2D eigenvalue weighted by molar-refractivity contribution is 6.53. The van der Waals surface area contributed by atoms with Crippen molar-refractivity contribution >= 4 is 35.1 Å². The van der Waals surface area contributed by atoms with Crippen molar-refractivity contribution in [2.45, 2.75) is 11.8 Å². The largest absolute Gasteiger partial charge is 0.391 e. The lowest BCUT2D eigenvalue weighted by molar-refractivity contribution is -0.156. The van der Waals surface area contributed by atoms with Crippen molar-refractivity contribution in [3.8, 4) is 0 Å². The summed E-state index contributed by atoms with van der Waals surface area (Å²) in [5.74, 6) is -1.66. The Balaban J connectivity index is 3.64. The highest BCUT2D eigenvalue weighted by Gasteiger charge is 2.14. The Labute approximate surface area is 61.9 Å². The van der Waals surface area contributed by atoms with Gasteiger partial charge in [0.25, 0.3) is 0 Å². The molecule has 0 rings (SSSR count). The molecule has 0 bridgehead atoms. The average Bonchev–Trinajstić information content (AvgIpc) is 1.63. The Morgan fingerprint density at radius 3 is 2.00 bits per heavy atom. The lowest BCUT2D eigenvalue weighted by Gasteiger charge is -1.96. The third-order valence-electron chi connectivity index (χ3n) is 0.422. The summed E-state index contributed by atoms with van der Waals surface area (Å²) in [5.41, 5.74) is 0. The molecule has 0 N–H and O–H groups in total. The van der Waals surface area contributed by atoms with Crippen LogP contribution >= 0.6 is 23.2 Å². The molecule has 0 aliphatic carbocycles. The van der Waals surface area contributed by atoms with E-state index in [1.807, 2.05) is 0 Å². The first-order valence-electron chi connectivity index (χ1n) is 2.04. The number of carbonyl (C=O) groups excluding carboxylic acids is 2. The molecule has 0 aromatic heterocycles. The van der Waals surface area contributed by atoms with Crippen LogP contribution in [-0.4, -0.2) is 16.8 Å². The van der Waals surface area contributed by atoms with Gasteiger partial charge in [-0.15, -0.1) is 0 Å². The summed E-state index contributed by atoms with van der Waals surface area (Å²) < 4.78 is 3.97. The Hall–Kier alpha value is -0.280. The molecule has 5 heteroatoms. The summed E-state index contributed by atoms with van der Waals surface area (Å²) in [6.07, 6.45) is 0. The highest BCUT2D eigenvalue weighted by Crippen LogP contribution is 2.03. The van der Waals surface area contributed by atoms with Gasteiger partial charge in [-0.1, -0.05) is 23.2 Å². The van der Waals surface area contributed by atoms with Crippen LogP contribution in [0.25, 0.3) is 0 Å². The SMILES string of the molecule is CC(=O)OC(=O)C(Cl)Cl. The molecule has 0 heterocycles. The Kier molecular flexibility index (Phi) is 3.58. The Bertz CT molecular complexity index is 132. The summed E-state index contributed by atoms with van der Waals surface area (Å²) in [6.45, 7) is 1.09. The van der Waals surface area contributed by atoms with Crippen LogP contribution in [0.15, 0.2) is 0 Å². The van der Waals surface area contributed by atoms with Crippen molar-refractivity contribution < 1.29 is 14.3 Å². The highest BCUT2D eigenvalue weighted by atomic mass is 35.5. The first-order chi connectivity index (χ1) is 4.04. The first-order valence-corrected chi connectivity index (χ1v) is 2.91. The Morgan fingerprint density at radius 2 is 1.89 bits per heavy atom. The van der Waals surface area contributed by atoms with E-state index in [1.165, 1.54) is 0 Å². The summed E-state index contributed by atoms with van der Waals surface area (Å²) in [5, 5.41) is 0. The second-order valence-electron chi connectivity index (χ2n) is 1.21. The molecule has 0 radical (unpaired) electrons. The van der Waals surface area contributed by atoms with Crippen LogP contribution in [0.1, 0.15) is 6.92 Å². The van der Waals surface area contributed by atoms with Gasteiger partial charge in [-0.25, -0.2) is 4.79 Å². The molecule has 0 saturated heterocycles. The van der Waals surface area contributed by atoms with E-state index in [-0.39, 0.29) is 0 Å². The molecule has 0 atom stereocenters. The van der Waals surface area contributed by atoms with Gasteiger partial charge in [-0.05, 0) is 0 Å². The number of alkyl halides is 2. The van der Waals surface area contributed by atoms with Gasteiger partial charge in [-0.3, -0.25) is 4.79 Å². The van der Waals surface area contributed by atoms with E-state index >= 15 is 0 Å². The summed E-state index contributed by atoms with van der Waals surface area (Å²) in [4.78, 5) is 19.0. The smallest absolute Gasteiger partial charge is 0.347 e. The maximum Gasteiger partial charge on any atom is 0.347 e. The molecule has 52 valence electrons. The lowest BCUT2D eigenvalue weighted by Crippen LogP contribution is -2.15. The fraction of sp³-hybridized carbons (Fsp3) is 0.500. The van der Waals surface area contributed by atoms with Crippen molar-refractivity contribution in [2.24, 2.45) is 0 Å². The van der Waals surface area contributed by atoms with Crippen molar-refractivity contribution in [1.29, 1.82) is 0 Å². The quantitative estimate of drug-likeness (QED) is 0.334. The van der Waals surface area contributed by atoms with Gasteiger partial charge in [0, 0.05) is 6.92 Å². The van der Waals surface area contributed by atoms with Crippen molar-refractivity contribution in [2.75, 3.05) is 0 Å². The lowest BCUT2D eigenvalue weighted by atomic mass is 10.7. The second kappa shape index (κ2) is 3.69. The van der Waals surface area contributed by atoms with Gasteiger partial charge in [-0.2, -0.15) is 0 Å². The maximum absolute atomic E-state index is 10.2. The normalized spacial score (nSPS) is 9.33. The van der Waals surface area contributed by atoms with E-state index in [9.17, 15) is 9.59 Å². The molecule has 0 unspecified atom stereocenters. The van der Waals surface area contributed by atoms with Crippen LogP contribution in [0.3, 0.4) is 0 Å².